The Hall–Kier alpha value is -0.850. The lowest BCUT2D eigenvalue weighted by Crippen LogP contribution is -1.85. The van der Waals surface area contributed by atoms with Gasteiger partial charge in [0.25, 0.3) is 0 Å². The van der Waals surface area contributed by atoms with Crippen molar-refractivity contribution in [2.24, 2.45) is 0 Å². The molecule has 0 aliphatic heterocycles. The lowest BCUT2D eigenvalue weighted by molar-refractivity contribution is -0.114. The third-order valence-corrected chi connectivity index (χ3v) is 1.11. The molecule has 0 heterocycles. The maximum Gasteiger partial charge on any atom is 0.155 e. The predicted octanol–water partition coefficient (Wildman–Crippen LogP) is 2.49. The monoisotopic (exact) mass is 138 g/mol. The van der Waals surface area contributed by atoms with Gasteiger partial charge in [-0.1, -0.05) is 32.1 Å². The summed E-state index contributed by atoms with van der Waals surface area (Å²) in [5, 5.41) is 0. The summed E-state index contributed by atoms with van der Waals surface area (Å²) in [6, 6.07) is 0. The zero-order valence-electron chi connectivity index (χ0n) is 6.63. The van der Waals surface area contributed by atoms with Crippen LogP contribution in [0.2, 0.25) is 0 Å². The van der Waals surface area contributed by atoms with Gasteiger partial charge in [-0.25, -0.2) is 0 Å². The summed E-state index contributed by atoms with van der Waals surface area (Å²) in [7, 11) is 0. The van der Waals surface area contributed by atoms with E-state index in [-0.39, 0.29) is 5.78 Å². The summed E-state index contributed by atoms with van der Waals surface area (Å²) in [5.41, 5.74) is 0. The first kappa shape index (κ1) is 9.15. The fourth-order valence-corrected chi connectivity index (χ4v) is 0.495. The molecule has 0 aromatic rings. The maximum absolute atomic E-state index is 10.7. The van der Waals surface area contributed by atoms with Crippen molar-refractivity contribution in [3.05, 3.63) is 24.3 Å². The van der Waals surface area contributed by atoms with Crippen LogP contribution >= 0.6 is 0 Å². The molecule has 56 valence electrons. The van der Waals surface area contributed by atoms with Crippen molar-refractivity contribution in [1.82, 2.24) is 0 Å². The van der Waals surface area contributed by atoms with Crippen LogP contribution in [0.1, 0.15) is 26.7 Å². The SMILES string of the molecule is CCC=CC=CC(=O)CC. The first-order valence-electron chi connectivity index (χ1n) is 3.67. The van der Waals surface area contributed by atoms with Crippen LogP contribution in [-0.4, -0.2) is 5.78 Å². The van der Waals surface area contributed by atoms with Crippen LogP contribution in [0, 0.1) is 0 Å². The van der Waals surface area contributed by atoms with Crippen molar-refractivity contribution in [2.75, 3.05) is 0 Å². The Kier molecular flexibility index (Phi) is 5.74. The van der Waals surface area contributed by atoms with Gasteiger partial charge in [-0.15, -0.1) is 0 Å². The van der Waals surface area contributed by atoms with E-state index in [0.29, 0.717) is 6.42 Å². The average molecular weight is 138 g/mol. The van der Waals surface area contributed by atoms with E-state index >= 15 is 0 Å². The smallest absolute Gasteiger partial charge is 0.155 e. The number of allylic oxidation sites excluding steroid dienone is 4. The van der Waals surface area contributed by atoms with E-state index in [1.54, 1.807) is 12.2 Å². The normalized spacial score (nSPS) is 11.4. The number of carbonyl (C=O) groups is 1. The molecule has 0 N–H and O–H groups in total. The quantitative estimate of drug-likeness (QED) is 0.431. The molecule has 1 heteroatoms. The second kappa shape index (κ2) is 6.27. The molecular formula is C9H14O. The molecule has 0 radical (unpaired) electrons. The average Bonchev–Trinajstić information content (AvgIpc) is 1.98. The highest BCUT2D eigenvalue weighted by Crippen LogP contribution is 1.85. The number of hydrogen-bond acceptors (Lipinski definition) is 1. The van der Waals surface area contributed by atoms with Crippen molar-refractivity contribution in [1.29, 1.82) is 0 Å². The fraction of sp³-hybridized carbons (Fsp3) is 0.444. The van der Waals surface area contributed by atoms with Crippen LogP contribution in [0.5, 0.6) is 0 Å². The second-order valence-electron chi connectivity index (χ2n) is 2.02. The van der Waals surface area contributed by atoms with Gasteiger partial charge in [0.05, 0.1) is 0 Å². The third kappa shape index (κ3) is 5.29. The third-order valence-electron chi connectivity index (χ3n) is 1.11. The summed E-state index contributed by atoms with van der Waals surface area (Å²) in [4.78, 5) is 10.7. The van der Waals surface area contributed by atoms with Crippen molar-refractivity contribution >= 4 is 5.78 Å². The Balaban J connectivity index is 3.55. The zero-order chi connectivity index (χ0) is 7.82. The molecule has 0 amide bonds. The van der Waals surface area contributed by atoms with Gasteiger partial charge in [-0.3, -0.25) is 4.79 Å². The van der Waals surface area contributed by atoms with Crippen LogP contribution in [0.3, 0.4) is 0 Å². The van der Waals surface area contributed by atoms with E-state index in [4.69, 9.17) is 0 Å². The molecule has 0 saturated carbocycles. The standard InChI is InChI=1S/C9H14O/c1-3-5-6-7-8-9(10)4-2/h5-8H,3-4H2,1-2H3. The van der Waals surface area contributed by atoms with Crippen LogP contribution in [0.25, 0.3) is 0 Å². The van der Waals surface area contributed by atoms with Crippen molar-refractivity contribution in [3.63, 3.8) is 0 Å². The van der Waals surface area contributed by atoms with Crippen LogP contribution < -0.4 is 0 Å². The highest BCUT2D eigenvalue weighted by Gasteiger charge is 1.85. The molecule has 0 aliphatic carbocycles. The first-order chi connectivity index (χ1) is 4.81. The molecule has 0 spiro atoms. The molecular weight excluding hydrogens is 124 g/mol. The molecule has 1 nitrogen and oxygen atoms in total. The van der Waals surface area contributed by atoms with Gasteiger partial charge in [-0.2, -0.15) is 0 Å². The van der Waals surface area contributed by atoms with Crippen LogP contribution in [0.4, 0.5) is 0 Å². The summed E-state index contributed by atoms with van der Waals surface area (Å²) >= 11 is 0. The summed E-state index contributed by atoms with van der Waals surface area (Å²) in [5.74, 6) is 0.181. The summed E-state index contributed by atoms with van der Waals surface area (Å²) in [6.45, 7) is 3.92. The molecule has 0 saturated heterocycles. The highest BCUT2D eigenvalue weighted by molar-refractivity contribution is 5.89. The van der Waals surface area contributed by atoms with E-state index in [2.05, 4.69) is 6.92 Å². The van der Waals surface area contributed by atoms with Crippen molar-refractivity contribution < 1.29 is 4.79 Å². The Labute approximate surface area is 62.4 Å². The Morgan fingerprint density at radius 1 is 1.30 bits per heavy atom. The topological polar surface area (TPSA) is 17.1 Å². The molecule has 0 rings (SSSR count). The largest absolute Gasteiger partial charge is 0.295 e. The minimum Gasteiger partial charge on any atom is -0.295 e. The van der Waals surface area contributed by atoms with E-state index in [0.717, 1.165) is 6.42 Å². The highest BCUT2D eigenvalue weighted by atomic mass is 16.1. The minimum atomic E-state index is 0.181. The maximum atomic E-state index is 10.7. The van der Waals surface area contributed by atoms with Gasteiger partial charge in [0.15, 0.2) is 5.78 Å². The van der Waals surface area contributed by atoms with E-state index in [9.17, 15) is 4.79 Å². The number of rotatable bonds is 4. The first-order valence-corrected chi connectivity index (χ1v) is 3.67. The van der Waals surface area contributed by atoms with Crippen molar-refractivity contribution in [2.45, 2.75) is 26.7 Å². The molecule has 0 aliphatic rings. The lowest BCUT2D eigenvalue weighted by atomic mass is 10.3. The summed E-state index contributed by atoms with van der Waals surface area (Å²) < 4.78 is 0. The van der Waals surface area contributed by atoms with Crippen LogP contribution in [-0.2, 0) is 4.79 Å². The number of ketones is 1. The van der Waals surface area contributed by atoms with E-state index in [1.165, 1.54) is 0 Å². The Morgan fingerprint density at radius 3 is 2.50 bits per heavy atom. The second-order valence-corrected chi connectivity index (χ2v) is 2.02. The predicted molar refractivity (Wildman–Crippen MR) is 43.9 cm³/mol. The Bertz CT molecular complexity index is 143. The zero-order valence-corrected chi connectivity index (χ0v) is 6.63. The molecule has 0 fully saturated rings. The molecule has 0 unspecified atom stereocenters. The molecule has 0 bridgehead atoms. The number of hydrogen-bond donors (Lipinski definition) is 0. The van der Waals surface area contributed by atoms with E-state index < -0.39 is 0 Å². The van der Waals surface area contributed by atoms with Gasteiger partial charge in [-0.05, 0) is 12.5 Å². The molecule has 10 heavy (non-hydrogen) atoms. The summed E-state index contributed by atoms with van der Waals surface area (Å²) in [6.07, 6.45) is 8.91. The Morgan fingerprint density at radius 2 is 2.00 bits per heavy atom. The fourth-order valence-electron chi connectivity index (χ4n) is 0.495. The molecule has 0 aromatic heterocycles. The van der Waals surface area contributed by atoms with Gasteiger partial charge < -0.3 is 0 Å². The molecule has 0 atom stereocenters. The minimum absolute atomic E-state index is 0.181. The van der Waals surface area contributed by atoms with Gasteiger partial charge in [0.2, 0.25) is 0 Å². The number of carbonyl (C=O) groups excluding carboxylic acids is 1. The van der Waals surface area contributed by atoms with Gasteiger partial charge >= 0.3 is 0 Å². The van der Waals surface area contributed by atoms with Gasteiger partial charge in [0, 0.05) is 6.42 Å². The van der Waals surface area contributed by atoms with Crippen LogP contribution in [0.15, 0.2) is 24.3 Å². The van der Waals surface area contributed by atoms with Gasteiger partial charge in [0.1, 0.15) is 0 Å². The molecule has 0 aromatic carbocycles. The van der Waals surface area contributed by atoms with E-state index in [1.807, 2.05) is 19.1 Å². The lowest BCUT2D eigenvalue weighted by Gasteiger charge is -1.80. The van der Waals surface area contributed by atoms with Crippen molar-refractivity contribution in [3.8, 4) is 0 Å².